The summed E-state index contributed by atoms with van der Waals surface area (Å²) in [6.07, 6.45) is 2.17. The third-order valence-electron chi connectivity index (χ3n) is 3.76. The molecule has 0 aromatic heterocycles. The number of ether oxygens (including phenoxy) is 1. The summed E-state index contributed by atoms with van der Waals surface area (Å²) in [5, 5.41) is 8.93. The second-order valence-corrected chi connectivity index (χ2v) is 5.28. The maximum atomic E-state index is 11.6. The van der Waals surface area contributed by atoms with E-state index in [1.165, 1.54) is 0 Å². The molecule has 1 heterocycles. The zero-order valence-electron chi connectivity index (χ0n) is 12.2. The molecule has 1 atom stereocenters. The molecule has 2 rings (SSSR count). The fourth-order valence-electron chi connectivity index (χ4n) is 2.73. The molecule has 0 amide bonds. The van der Waals surface area contributed by atoms with E-state index in [1.54, 1.807) is 19.1 Å². The Balaban J connectivity index is 1.96. The first kappa shape index (κ1) is 15.5. The first-order chi connectivity index (χ1) is 10.1. The van der Waals surface area contributed by atoms with Gasteiger partial charge >= 0.3 is 11.9 Å². The molecular weight excluding hydrogens is 270 g/mol. The number of hydrogen-bond donors (Lipinski definition) is 1. The van der Waals surface area contributed by atoms with Crippen molar-refractivity contribution in [1.29, 1.82) is 0 Å². The summed E-state index contributed by atoms with van der Waals surface area (Å²) in [5.41, 5.74) is 1.63. The minimum absolute atomic E-state index is 0.118. The van der Waals surface area contributed by atoms with Gasteiger partial charge in [-0.05, 0) is 44.0 Å². The van der Waals surface area contributed by atoms with Crippen molar-refractivity contribution in [3.63, 3.8) is 0 Å². The van der Waals surface area contributed by atoms with Crippen LogP contribution in [0.5, 0.6) is 0 Å². The molecule has 0 aliphatic carbocycles. The van der Waals surface area contributed by atoms with E-state index in [9.17, 15) is 9.59 Å². The SMILES string of the molecule is CCOC(=O)c1ccc(CN2CCCC2CC(=O)O)cc1. The van der Waals surface area contributed by atoms with Crippen LogP contribution in [0.25, 0.3) is 0 Å². The van der Waals surface area contributed by atoms with Gasteiger partial charge in [0.2, 0.25) is 0 Å². The standard InChI is InChI=1S/C16H21NO4/c1-2-21-16(20)13-7-5-12(6-8-13)11-17-9-3-4-14(17)10-15(18)19/h5-8,14H,2-4,9-11H2,1H3,(H,18,19). The Kier molecular flexibility index (Phi) is 5.33. The van der Waals surface area contributed by atoms with E-state index >= 15 is 0 Å². The maximum absolute atomic E-state index is 11.6. The lowest BCUT2D eigenvalue weighted by Gasteiger charge is -2.23. The molecule has 1 fully saturated rings. The smallest absolute Gasteiger partial charge is 0.338 e. The van der Waals surface area contributed by atoms with Gasteiger partial charge in [0, 0.05) is 12.6 Å². The van der Waals surface area contributed by atoms with Gasteiger partial charge in [-0.25, -0.2) is 4.79 Å². The first-order valence-electron chi connectivity index (χ1n) is 7.32. The normalized spacial score (nSPS) is 18.6. The van der Waals surface area contributed by atoms with E-state index < -0.39 is 5.97 Å². The van der Waals surface area contributed by atoms with Gasteiger partial charge in [0.25, 0.3) is 0 Å². The third kappa shape index (κ3) is 4.29. The molecule has 1 aliphatic rings. The monoisotopic (exact) mass is 291 g/mol. The third-order valence-corrected chi connectivity index (χ3v) is 3.76. The fraction of sp³-hybridized carbons (Fsp3) is 0.500. The van der Waals surface area contributed by atoms with Crippen LogP contribution in [0.1, 0.15) is 42.1 Å². The van der Waals surface area contributed by atoms with Crippen LogP contribution in [-0.2, 0) is 16.1 Å². The lowest BCUT2D eigenvalue weighted by Crippen LogP contribution is -2.30. The second-order valence-electron chi connectivity index (χ2n) is 5.28. The van der Waals surface area contributed by atoms with Crippen LogP contribution in [0, 0.1) is 0 Å². The van der Waals surface area contributed by atoms with Crippen LogP contribution < -0.4 is 0 Å². The molecule has 1 saturated heterocycles. The molecule has 1 aromatic rings. The maximum Gasteiger partial charge on any atom is 0.338 e. The largest absolute Gasteiger partial charge is 0.481 e. The average Bonchev–Trinajstić information content (AvgIpc) is 2.86. The molecule has 21 heavy (non-hydrogen) atoms. The van der Waals surface area contributed by atoms with Crippen LogP contribution in [0.3, 0.4) is 0 Å². The highest BCUT2D eigenvalue weighted by atomic mass is 16.5. The van der Waals surface area contributed by atoms with Crippen molar-refractivity contribution in [2.75, 3.05) is 13.2 Å². The van der Waals surface area contributed by atoms with Crippen molar-refractivity contribution in [3.8, 4) is 0 Å². The lowest BCUT2D eigenvalue weighted by molar-refractivity contribution is -0.138. The first-order valence-corrected chi connectivity index (χ1v) is 7.32. The van der Waals surface area contributed by atoms with E-state index in [1.807, 2.05) is 12.1 Å². The zero-order valence-corrected chi connectivity index (χ0v) is 12.2. The summed E-state index contributed by atoms with van der Waals surface area (Å²) in [7, 11) is 0. The summed E-state index contributed by atoms with van der Waals surface area (Å²) in [6.45, 7) is 3.80. The van der Waals surface area contributed by atoms with Gasteiger partial charge in [0.05, 0.1) is 18.6 Å². The molecule has 0 radical (unpaired) electrons. The van der Waals surface area contributed by atoms with E-state index in [4.69, 9.17) is 9.84 Å². The molecule has 0 bridgehead atoms. The molecule has 114 valence electrons. The van der Waals surface area contributed by atoms with Crippen molar-refractivity contribution in [2.24, 2.45) is 0 Å². The number of likely N-dealkylation sites (tertiary alicyclic amines) is 1. The molecule has 0 saturated carbocycles. The van der Waals surface area contributed by atoms with Crippen LogP contribution in [0.2, 0.25) is 0 Å². The Morgan fingerprint density at radius 1 is 1.33 bits per heavy atom. The topological polar surface area (TPSA) is 66.8 Å². The minimum Gasteiger partial charge on any atom is -0.481 e. The number of rotatable bonds is 6. The number of hydrogen-bond acceptors (Lipinski definition) is 4. The highest BCUT2D eigenvalue weighted by Crippen LogP contribution is 2.22. The van der Waals surface area contributed by atoms with Crippen molar-refractivity contribution in [2.45, 2.75) is 38.8 Å². The van der Waals surface area contributed by atoms with Crippen LogP contribution in [0.15, 0.2) is 24.3 Å². The van der Waals surface area contributed by atoms with Gasteiger partial charge in [0.1, 0.15) is 0 Å². The van der Waals surface area contributed by atoms with Crippen molar-refractivity contribution >= 4 is 11.9 Å². The second kappa shape index (κ2) is 7.22. The summed E-state index contributed by atoms with van der Waals surface area (Å²) in [5.74, 6) is -1.06. The van der Waals surface area contributed by atoms with E-state index in [-0.39, 0.29) is 18.4 Å². The molecular formula is C16H21NO4. The number of benzene rings is 1. The summed E-state index contributed by atoms with van der Waals surface area (Å²) in [4.78, 5) is 24.6. The Hall–Kier alpha value is -1.88. The van der Waals surface area contributed by atoms with Crippen molar-refractivity contribution in [1.82, 2.24) is 4.90 Å². The van der Waals surface area contributed by atoms with Gasteiger partial charge in [-0.15, -0.1) is 0 Å². The molecule has 1 unspecified atom stereocenters. The fourth-order valence-corrected chi connectivity index (χ4v) is 2.73. The highest BCUT2D eigenvalue weighted by molar-refractivity contribution is 5.89. The van der Waals surface area contributed by atoms with Crippen molar-refractivity contribution in [3.05, 3.63) is 35.4 Å². The van der Waals surface area contributed by atoms with Crippen molar-refractivity contribution < 1.29 is 19.4 Å². The number of carboxylic acids is 1. The van der Waals surface area contributed by atoms with Gasteiger partial charge in [0.15, 0.2) is 0 Å². The number of esters is 1. The Labute approximate surface area is 124 Å². The number of carbonyl (C=O) groups excluding carboxylic acids is 1. The highest BCUT2D eigenvalue weighted by Gasteiger charge is 2.26. The summed E-state index contributed by atoms with van der Waals surface area (Å²) in [6, 6.07) is 7.45. The van der Waals surface area contributed by atoms with Gasteiger partial charge < -0.3 is 9.84 Å². The molecule has 5 heteroatoms. The lowest BCUT2D eigenvalue weighted by atomic mass is 10.1. The minimum atomic E-state index is -0.746. The number of aliphatic carboxylic acids is 1. The Morgan fingerprint density at radius 3 is 2.67 bits per heavy atom. The number of carbonyl (C=O) groups is 2. The van der Waals surface area contributed by atoms with Crippen LogP contribution in [0.4, 0.5) is 0 Å². The quantitative estimate of drug-likeness (QED) is 0.815. The van der Waals surface area contributed by atoms with Gasteiger partial charge in [-0.3, -0.25) is 9.69 Å². The predicted molar refractivity (Wildman–Crippen MR) is 78.1 cm³/mol. The van der Waals surface area contributed by atoms with Gasteiger partial charge in [-0.2, -0.15) is 0 Å². The molecule has 1 aliphatic heterocycles. The van der Waals surface area contributed by atoms with E-state index in [2.05, 4.69) is 4.90 Å². The predicted octanol–water partition coefficient (Wildman–Crippen LogP) is 2.30. The molecule has 5 nitrogen and oxygen atoms in total. The average molecular weight is 291 g/mol. The summed E-state index contributed by atoms with van der Waals surface area (Å²) >= 11 is 0. The zero-order chi connectivity index (χ0) is 15.2. The Bertz CT molecular complexity index is 498. The van der Waals surface area contributed by atoms with Crippen LogP contribution in [-0.4, -0.2) is 41.1 Å². The molecule has 0 spiro atoms. The van der Waals surface area contributed by atoms with E-state index in [0.717, 1.165) is 31.5 Å². The Morgan fingerprint density at radius 2 is 2.05 bits per heavy atom. The van der Waals surface area contributed by atoms with Gasteiger partial charge in [-0.1, -0.05) is 12.1 Å². The number of nitrogens with zero attached hydrogens (tertiary/aromatic N) is 1. The summed E-state index contributed by atoms with van der Waals surface area (Å²) < 4.78 is 4.95. The molecule has 1 N–H and O–H groups in total. The van der Waals surface area contributed by atoms with Crippen LogP contribution >= 0.6 is 0 Å². The van der Waals surface area contributed by atoms with E-state index in [0.29, 0.717) is 12.2 Å². The number of carboxylic acid groups (broad SMARTS) is 1. The molecule has 1 aromatic carbocycles.